The second-order valence-corrected chi connectivity index (χ2v) is 12.5. The van der Waals surface area contributed by atoms with Gasteiger partial charge < -0.3 is 4.42 Å². The van der Waals surface area contributed by atoms with Gasteiger partial charge in [-0.05, 0) is 46.3 Å². The molecular weight excluding hydrogens is 587 g/mol. The van der Waals surface area contributed by atoms with E-state index in [1.807, 2.05) is 12.1 Å². The van der Waals surface area contributed by atoms with Crippen LogP contribution in [0.4, 0.5) is 0 Å². The van der Waals surface area contributed by atoms with Crippen molar-refractivity contribution in [2.45, 2.75) is 0 Å². The number of benzene rings is 7. The molecule has 4 nitrogen and oxygen atoms in total. The van der Waals surface area contributed by atoms with Crippen LogP contribution < -0.4 is 0 Å². The number of aromatic nitrogens is 3. The molecular formula is C44H25N3O. The third-order valence-corrected chi connectivity index (χ3v) is 9.93. The van der Waals surface area contributed by atoms with Gasteiger partial charge in [0, 0.05) is 38.2 Å². The molecule has 11 rings (SSSR count). The lowest BCUT2D eigenvalue weighted by Gasteiger charge is -2.15. The zero-order valence-corrected chi connectivity index (χ0v) is 25.7. The number of hydrogen-bond donors (Lipinski definition) is 0. The summed E-state index contributed by atoms with van der Waals surface area (Å²) in [5.41, 5.74) is 12.4. The van der Waals surface area contributed by atoms with Crippen LogP contribution in [0.15, 0.2) is 156 Å². The summed E-state index contributed by atoms with van der Waals surface area (Å²) in [5.74, 6) is 1.70. The number of rotatable bonds is 3. The molecule has 7 aromatic carbocycles. The molecule has 1 aliphatic rings. The number of furan rings is 1. The van der Waals surface area contributed by atoms with Crippen molar-refractivity contribution in [1.82, 2.24) is 14.5 Å². The number of nitrogens with zero attached hydrogens (tertiary/aromatic N) is 3. The maximum absolute atomic E-state index is 6.80. The minimum Gasteiger partial charge on any atom is -0.455 e. The van der Waals surface area contributed by atoms with Gasteiger partial charge in [-0.3, -0.25) is 4.57 Å². The predicted molar refractivity (Wildman–Crippen MR) is 196 cm³/mol. The molecule has 0 atom stereocenters. The Bertz CT molecular complexity index is 2940. The van der Waals surface area contributed by atoms with E-state index in [9.17, 15) is 0 Å². The average Bonchev–Trinajstić information content (AvgIpc) is 3.67. The van der Waals surface area contributed by atoms with Crippen LogP contribution in [0.2, 0.25) is 0 Å². The van der Waals surface area contributed by atoms with Crippen molar-refractivity contribution in [2.24, 2.45) is 0 Å². The molecule has 10 aromatic rings. The molecule has 0 saturated heterocycles. The summed E-state index contributed by atoms with van der Waals surface area (Å²) in [7, 11) is 0. The van der Waals surface area contributed by atoms with E-state index in [2.05, 4.69) is 144 Å². The van der Waals surface area contributed by atoms with E-state index in [1.165, 1.54) is 27.5 Å². The third kappa shape index (κ3) is 3.38. The monoisotopic (exact) mass is 611 g/mol. The van der Waals surface area contributed by atoms with Gasteiger partial charge in [0.05, 0.1) is 22.1 Å². The SMILES string of the molecule is c1ccc(-c2nc3ccc4ccccc4c3nc2-n2c3cccc4c3c3c5c(c(-c6ccccc6)oc5ccc32)-c2ccccc2-4)cc1. The summed E-state index contributed by atoms with van der Waals surface area (Å²) in [6.07, 6.45) is 0. The van der Waals surface area contributed by atoms with Gasteiger partial charge in [-0.25, -0.2) is 9.97 Å². The molecule has 4 heteroatoms. The lowest BCUT2D eigenvalue weighted by atomic mass is 9.93. The van der Waals surface area contributed by atoms with Crippen LogP contribution in [-0.2, 0) is 0 Å². The van der Waals surface area contributed by atoms with Gasteiger partial charge in [0.15, 0.2) is 5.82 Å². The maximum Gasteiger partial charge on any atom is 0.165 e. The van der Waals surface area contributed by atoms with E-state index in [4.69, 9.17) is 14.4 Å². The molecule has 0 N–H and O–H groups in total. The fourth-order valence-corrected chi connectivity index (χ4v) is 7.90. The van der Waals surface area contributed by atoms with Crippen molar-refractivity contribution in [3.05, 3.63) is 152 Å². The molecule has 3 heterocycles. The predicted octanol–water partition coefficient (Wildman–Crippen LogP) is 11.6. The molecule has 0 bridgehead atoms. The maximum atomic E-state index is 6.80. The number of hydrogen-bond acceptors (Lipinski definition) is 3. The highest BCUT2D eigenvalue weighted by atomic mass is 16.3. The Morgan fingerprint density at radius 3 is 2.04 bits per heavy atom. The molecule has 0 amide bonds. The van der Waals surface area contributed by atoms with Gasteiger partial charge >= 0.3 is 0 Å². The first kappa shape index (κ1) is 25.6. The summed E-state index contributed by atoms with van der Waals surface area (Å²) >= 11 is 0. The Hall–Kier alpha value is -6.52. The lowest BCUT2D eigenvalue weighted by Crippen LogP contribution is -2.04. The second-order valence-electron chi connectivity index (χ2n) is 12.5. The molecule has 0 radical (unpaired) electrons. The molecule has 48 heavy (non-hydrogen) atoms. The Labute approximate surface area is 275 Å². The van der Waals surface area contributed by atoms with Gasteiger partial charge in [-0.1, -0.05) is 127 Å². The molecule has 222 valence electrons. The molecule has 1 aliphatic carbocycles. The smallest absolute Gasteiger partial charge is 0.165 e. The van der Waals surface area contributed by atoms with Crippen molar-refractivity contribution >= 4 is 54.6 Å². The Balaban J connectivity index is 1.35. The van der Waals surface area contributed by atoms with Crippen molar-refractivity contribution in [3.8, 4) is 50.7 Å². The van der Waals surface area contributed by atoms with Crippen LogP contribution >= 0.6 is 0 Å². The standard InChI is InChI=1S/C44H25N3O/c1-3-13-27(14-4-1)41-44(46-42-29-17-8-7-12-26(29)22-23-33(42)45-41)47-34-21-11-20-31-30-18-9-10-19-32(30)38-40-36(25-24-35(47)39(40)37(31)34)48-43(38)28-15-5-2-6-16-28/h1-25H. The molecule has 0 fully saturated rings. The fourth-order valence-electron chi connectivity index (χ4n) is 7.90. The van der Waals surface area contributed by atoms with E-state index in [1.54, 1.807) is 0 Å². The topological polar surface area (TPSA) is 43.9 Å². The van der Waals surface area contributed by atoms with Crippen LogP contribution in [0.3, 0.4) is 0 Å². The fraction of sp³-hybridized carbons (Fsp3) is 0. The van der Waals surface area contributed by atoms with Gasteiger partial charge in [0.25, 0.3) is 0 Å². The molecule has 0 spiro atoms. The van der Waals surface area contributed by atoms with E-state index in [-0.39, 0.29) is 0 Å². The average molecular weight is 612 g/mol. The van der Waals surface area contributed by atoms with Crippen LogP contribution in [0, 0.1) is 0 Å². The first-order valence-electron chi connectivity index (χ1n) is 16.3. The minimum absolute atomic E-state index is 0.809. The van der Waals surface area contributed by atoms with E-state index >= 15 is 0 Å². The van der Waals surface area contributed by atoms with Gasteiger partial charge in [0.2, 0.25) is 0 Å². The van der Waals surface area contributed by atoms with Crippen molar-refractivity contribution in [3.63, 3.8) is 0 Å². The zero-order chi connectivity index (χ0) is 31.3. The largest absolute Gasteiger partial charge is 0.455 e. The van der Waals surface area contributed by atoms with Crippen molar-refractivity contribution in [1.29, 1.82) is 0 Å². The highest BCUT2D eigenvalue weighted by molar-refractivity contribution is 6.31. The van der Waals surface area contributed by atoms with Crippen LogP contribution in [0.5, 0.6) is 0 Å². The summed E-state index contributed by atoms with van der Waals surface area (Å²) in [5, 5.41) is 5.74. The van der Waals surface area contributed by atoms with E-state index in [0.29, 0.717) is 0 Å². The van der Waals surface area contributed by atoms with Crippen molar-refractivity contribution < 1.29 is 4.42 Å². The summed E-state index contributed by atoms with van der Waals surface area (Å²) in [6.45, 7) is 0. The molecule has 0 aliphatic heterocycles. The molecule has 0 saturated carbocycles. The van der Waals surface area contributed by atoms with E-state index < -0.39 is 0 Å². The highest BCUT2D eigenvalue weighted by Gasteiger charge is 2.30. The van der Waals surface area contributed by atoms with Crippen LogP contribution in [0.25, 0.3) is 105 Å². The minimum atomic E-state index is 0.809. The normalized spacial score (nSPS) is 12.2. The molecule has 3 aromatic heterocycles. The second kappa shape index (κ2) is 9.50. The van der Waals surface area contributed by atoms with Crippen LogP contribution in [0.1, 0.15) is 0 Å². The first-order valence-corrected chi connectivity index (χ1v) is 16.3. The lowest BCUT2D eigenvalue weighted by molar-refractivity contribution is 0.632. The third-order valence-electron chi connectivity index (χ3n) is 9.93. The Kier molecular flexibility index (Phi) is 5.08. The first-order chi connectivity index (χ1) is 23.8. The van der Waals surface area contributed by atoms with Crippen LogP contribution in [-0.4, -0.2) is 14.5 Å². The summed E-state index contributed by atoms with van der Waals surface area (Å²) < 4.78 is 9.13. The van der Waals surface area contributed by atoms with Gasteiger partial charge in [-0.2, -0.15) is 0 Å². The molecule has 0 unspecified atom stereocenters. The van der Waals surface area contributed by atoms with Gasteiger partial charge in [-0.15, -0.1) is 0 Å². The van der Waals surface area contributed by atoms with Gasteiger partial charge in [0.1, 0.15) is 17.0 Å². The highest BCUT2D eigenvalue weighted by Crippen LogP contribution is 2.53. The summed E-state index contributed by atoms with van der Waals surface area (Å²) in [4.78, 5) is 10.9. The quantitative estimate of drug-likeness (QED) is 0.187. The Morgan fingerprint density at radius 1 is 0.479 bits per heavy atom. The van der Waals surface area contributed by atoms with Crippen molar-refractivity contribution in [2.75, 3.05) is 0 Å². The summed E-state index contributed by atoms with van der Waals surface area (Å²) in [6, 6.07) is 53.3. The number of fused-ring (bicyclic) bond motifs is 6. The Morgan fingerprint density at radius 2 is 1.19 bits per heavy atom. The van der Waals surface area contributed by atoms with E-state index in [0.717, 1.165) is 77.8 Å². The zero-order valence-electron chi connectivity index (χ0n) is 25.7.